The summed E-state index contributed by atoms with van der Waals surface area (Å²) in [5.41, 5.74) is 8.19. The fourth-order valence-electron chi connectivity index (χ4n) is 2.06. The fraction of sp³-hybridized carbons (Fsp3) is 0.400. The van der Waals surface area contributed by atoms with Crippen LogP contribution in [0.5, 0.6) is 0 Å². The lowest BCUT2D eigenvalue weighted by Gasteiger charge is -2.07. The van der Waals surface area contributed by atoms with Crippen LogP contribution in [-0.4, -0.2) is 22.4 Å². The molecule has 0 bridgehead atoms. The van der Waals surface area contributed by atoms with E-state index in [4.69, 9.17) is 5.73 Å². The molecule has 0 fully saturated rings. The molecule has 3 N–H and O–H groups in total. The fourth-order valence-corrected chi connectivity index (χ4v) is 2.70. The first kappa shape index (κ1) is 15.4. The van der Waals surface area contributed by atoms with Crippen LogP contribution in [0.15, 0.2) is 17.5 Å². The molecule has 6 heteroatoms. The van der Waals surface area contributed by atoms with Gasteiger partial charge in [-0.2, -0.15) is 0 Å². The Bertz CT molecular complexity index is 624. The van der Waals surface area contributed by atoms with Gasteiger partial charge in [-0.05, 0) is 25.5 Å². The predicted molar refractivity (Wildman–Crippen MR) is 85.5 cm³/mol. The van der Waals surface area contributed by atoms with E-state index in [1.54, 1.807) is 17.4 Å². The summed E-state index contributed by atoms with van der Waals surface area (Å²) < 4.78 is 0. The highest BCUT2D eigenvalue weighted by Gasteiger charge is 2.09. The summed E-state index contributed by atoms with van der Waals surface area (Å²) in [7, 11) is 0. The zero-order chi connectivity index (χ0) is 15.2. The van der Waals surface area contributed by atoms with Crippen molar-refractivity contribution in [2.45, 2.75) is 33.1 Å². The molecular weight excluding hydrogens is 284 g/mol. The van der Waals surface area contributed by atoms with Gasteiger partial charge in [-0.1, -0.05) is 13.3 Å². The molecule has 0 radical (unpaired) electrons. The Morgan fingerprint density at radius 1 is 1.29 bits per heavy atom. The Labute approximate surface area is 128 Å². The first-order valence-corrected chi connectivity index (χ1v) is 7.92. The Kier molecular flexibility index (Phi) is 5.27. The minimum Gasteiger partial charge on any atom is -0.384 e. The third-order valence-electron chi connectivity index (χ3n) is 3.00. The number of anilines is 1. The summed E-state index contributed by atoms with van der Waals surface area (Å²) in [5, 5.41) is 5.96. The standard InChI is InChI=1S/C15H20N4OS/c1-3-4-12-7-11(8-14(16)19-12)15(20)17-6-5-13-9-21-10(2)18-13/h7-9H,3-6H2,1-2H3,(H2,16,19)(H,17,20). The zero-order valence-corrected chi connectivity index (χ0v) is 13.2. The number of rotatable bonds is 6. The normalized spacial score (nSPS) is 10.6. The smallest absolute Gasteiger partial charge is 0.251 e. The Morgan fingerprint density at radius 2 is 2.10 bits per heavy atom. The minimum absolute atomic E-state index is 0.117. The molecular formula is C15H20N4OS. The van der Waals surface area contributed by atoms with E-state index in [2.05, 4.69) is 22.2 Å². The van der Waals surface area contributed by atoms with Crippen LogP contribution in [0.4, 0.5) is 5.82 Å². The number of amides is 1. The largest absolute Gasteiger partial charge is 0.384 e. The Hall–Kier alpha value is -1.95. The molecule has 0 unspecified atom stereocenters. The molecule has 0 aliphatic carbocycles. The average molecular weight is 304 g/mol. The summed E-state index contributed by atoms with van der Waals surface area (Å²) >= 11 is 1.62. The zero-order valence-electron chi connectivity index (χ0n) is 12.3. The molecule has 5 nitrogen and oxygen atoms in total. The molecule has 21 heavy (non-hydrogen) atoms. The van der Waals surface area contributed by atoms with Crippen LogP contribution in [0.25, 0.3) is 0 Å². The van der Waals surface area contributed by atoms with Gasteiger partial charge >= 0.3 is 0 Å². The summed E-state index contributed by atoms with van der Waals surface area (Å²) in [6.07, 6.45) is 2.53. The van der Waals surface area contributed by atoms with E-state index in [0.29, 0.717) is 17.9 Å². The second kappa shape index (κ2) is 7.17. The van der Waals surface area contributed by atoms with Gasteiger partial charge in [0.05, 0.1) is 10.7 Å². The summed E-state index contributed by atoms with van der Waals surface area (Å²) in [5.74, 6) is 0.273. The van der Waals surface area contributed by atoms with E-state index in [1.807, 2.05) is 18.4 Å². The second-order valence-electron chi connectivity index (χ2n) is 4.89. The number of carbonyl (C=O) groups excluding carboxylic acids is 1. The number of thiazole rings is 1. The molecule has 2 aromatic heterocycles. The highest BCUT2D eigenvalue weighted by atomic mass is 32.1. The number of aryl methyl sites for hydroxylation is 2. The molecule has 2 heterocycles. The lowest BCUT2D eigenvalue weighted by atomic mass is 10.1. The van der Waals surface area contributed by atoms with Gasteiger partial charge < -0.3 is 11.1 Å². The number of aromatic nitrogens is 2. The van der Waals surface area contributed by atoms with Crippen molar-refractivity contribution >= 4 is 23.1 Å². The van der Waals surface area contributed by atoms with Gasteiger partial charge in [-0.3, -0.25) is 4.79 Å². The summed E-state index contributed by atoms with van der Waals surface area (Å²) in [6, 6.07) is 3.42. The lowest BCUT2D eigenvalue weighted by molar-refractivity contribution is 0.0954. The van der Waals surface area contributed by atoms with Crippen LogP contribution in [0.1, 0.15) is 40.1 Å². The van der Waals surface area contributed by atoms with Gasteiger partial charge in [0.15, 0.2) is 0 Å². The van der Waals surface area contributed by atoms with Crippen molar-refractivity contribution in [2.24, 2.45) is 0 Å². The molecule has 0 aliphatic heterocycles. The molecule has 0 aliphatic rings. The number of carbonyl (C=O) groups is 1. The third kappa shape index (κ3) is 4.53. The van der Waals surface area contributed by atoms with E-state index < -0.39 is 0 Å². The van der Waals surface area contributed by atoms with Crippen LogP contribution in [-0.2, 0) is 12.8 Å². The van der Waals surface area contributed by atoms with Crippen molar-refractivity contribution in [3.05, 3.63) is 39.5 Å². The van der Waals surface area contributed by atoms with E-state index in [9.17, 15) is 4.79 Å². The van der Waals surface area contributed by atoms with Crippen LogP contribution in [0.3, 0.4) is 0 Å². The van der Waals surface area contributed by atoms with Crippen molar-refractivity contribution < 1.29 is 4.79 Å². The maximum Gasteiger partial charge on any atom is 0.251 e. The first-order chi connectivity index (χ1) is 10.1. The van der Waals surface area contributed by atoms with Crippen LogP contribution >= 0.6 is 11.3 Å². The maximum atomic E-state index is 12.1. The van der Waals surface area contributed by atoms with Gasteiger partial charge in [0, 0.05) is 29.6 Å². The summed E-state index contributed by atoms with van der Waals surface area (Å²) in [6.45, 7) is 4.61. The Balaban J connectivity index is 1.93. The van der Waals surface area contributed by atoms with Crippen molar-refractivity contribution in [1.29, 1.82) is 0 Å². The van der Waals surface area contributed by atoms with Gasteiger partial charge in [0.1, 0.15) is 5.82 Å². The van der Waals surface area contributed by atoms with Crippen molar-refractivity contribution in [1.82, 2.24) is 15.3 Å². The van der Waals surface area contributed by atoms with E-state index in [1.165, 1.54) is 0 Å². The maximum absolute atomic E-state index is 12.1. The van der Waals surface area contributed by atoms with Crippen molar-refractivity contribution in [3.8, 4) is 0 Å². The lowest BCUT2D eigenvalue weighted by Crippen LogP contribution is -2.26. The van der Waals surface area contributed by atoms with Crippen LogP contribution in [0.2, 0.25) is 0 Å². The molecule has 2 rings (SSSR count). The number of nitrogens with zero attached hydrogens (tertiary/aromatic N) is 2. The van der Waals surface area contributed by atoms with Gasteiger partial charge in [0.25, 0.3) is 5.91 Å². The first-order valence-electron chi connectivity index (χ1n) is 7.04. The monoisotopic (exact) mass is 304 g/mol. The van der Waals surface area contributed by atoms with Gasteiger partial charge in [-0.25, -0.2) is 9.97 Å². The number of hydrogen-bond donors (Lipinski definition) is 2. The van der Waals surface area contributed by atoms with Crippen LogP contribution < -0.4 is 11.1 Å². The van der Waals surface area contributed by atoms with Crippen LogP contribution in [0, 0.1) is 6.92 Å². The highest BCUT2D eigenvalue weighted by Crippen LogP contribution is 2.10. The van der Waals surface area contributed by atoms with E-state index in [0.717, 1.165) is 35.7 Å². The quantitative estimate of drug-likeness (QED) is 0.858. The molecule has 0 atom stereocenters. The SMILES string of the molecule is CCCc1cc(C(=O)NCCc2csc(C)n2)cc(N)n1. The molecule has 112 valence electrons. The minimum atomic E-state index is -0.117. The number of pyridine rings is 1. The molecule has 2 aromatic rings. The second-order valence-corrected chi connectivity index (χ2v) is 5.95. The molecule has 0 aromatic carbocycles. The number of nitrogens with two attached hydrogens (primary N) is 1. The molecule has 1 amide bonds. The number of nitrogen functional groups attached to an aromatic ring is 1. The molecule has 0 spiro atoms. The molecule has 0 saturated heterocycles. The van der Waals surface area contributed by atoms with Gasteiger partial charge in [0.2, 0.25) is 0 Å². The number of nitrogens with one attached hydrogen (secondary N) is 1. The Morgan fingerprint density at radius 3 is 2.76 bits per heavy atom. The molecule has 0 saturated carbocycles. The summed E-state index contributed by atoms with van der Waals surface area (Å²) in [4.78, 5) is 20.7. The topological polar surface area (TPSA) is 80.9 Å². The van der Waals surface area contributed by atoms with E-state index >= 15 is 0 Å². The van der Waals surface area contributed by atoms with Gasteiger partial charge in [-0.15, -0.1) is 11.3 Å². The van der Waals surface area contributed by atoms with E-state index in [-0.39, 0.29) is 5.91 Å². The predicted octanol–water partition coefficient (Wildman–Crippen LogP) is 2.35. The highest BCUT2D eigenvalue weighted by molar-refractivity contribution is 7.09. The van der Waals surface area contributed by atoms with Crippen molar-refractivity contribution in [3.63, 3.8) is 0 Å². The van der Waals surface area contributed by atoms with Crippen molar-refractivity contribution in [2.75, 3.05) is 12.3 Å². The third-order valence-corrected chi connectivity index (χ3v) is 3.82. The number of hydrogen-bond acceptors (Lipinski definition) is 5. The average Bonchev–Trinajstić information content (AvgIpc) is 2.84.